The van der Waals surface area contributed by atoms with Crippen molar-refractivity contribution in [2.24, 2.45) is 0 Å². The summed E-state index contributed by atoms with van der Waals surface area (Å²) in [6, 6.07) is 3.35. The van der Waals surface area contributed by atoms with E-state index in [0.29, 0.717) is 44.9 Å². The lowest BCUT2D eigenvalue weighted by Crippen LogP contribution is -2.50. The highest BCUT2D eigenvalue weighted by Crippen LogP contribution is 2.11. The van der Waals surface area contributed by atoms with Gasteiger partial charge in [0.25, 0.3) is 5.91 Å². The number of carbonyl (C=O) groups excluding carboxylic acids is 2. The Hall–Kier alpha value is -2.09. The van der Waals surface area contributed by atoms with Gasteiger partial charge in [-0.05, 0) is 28.1 Å². The van der Waals surface area contributed by atoms with Crippen LogP contribution in [-0.4, -0.2) is 57.6 Å². The first-order chi connectivity index (χ1) is 11.1. The predicted octanol–water partition coefficient (Wildman–Crippen LogP) is 1.61. The van der Waals surface area contributed by atoms with Gasteiger partial charge in [-0.25, -0.2) is 0 Å². The average molecular weight is 381 g/mol. The van der Waals surface area contributed by atoms with E-state index in [1.54, 1.807) is 32.8 Å². The summed E-state index contributed by atoms with van der Waals surface area (Å²) in [6.07, 6.45) is 5.43. The maximum absolute atomic E-state index is 12.2. The molecular formula is C15H17BrN4O3. The molecule has 2 aromatic heterocycles. The van der Waals surface area contributed by atoms with E-state index < -0.39 is 0 Å². The van der Waals surface area contributed by atoms with Gasteiger partial charge in [-0.15, -0.1) is 0 Å². The van der Waals surface area contributed by atoms with Crippen molar-refractivity contribution in [3.8, 4) is 0 Å². The quantitative estimate of drug-likeness (QED) is 0.807. The number of furan rings is 1. The maximum Gasteiger partial charge on any atom is 0.289 e. The summed E-state index contributed by atoms with van der Waals surface area (Å²) in [4.78, 5) is 27.9. The first-order valence-electron chi connectivity index (χ1n) is 7.42. The van der Waals surface area contributed by atoms with Crippen LogP contribution in [0.4, 0.5) is 0 Å². The molecule has 1 fully saturated rings. The van der Waals surface area contributed by atoms with Gasteiger partial charge in [0.15, 0.2) is 5.76 Å². The van der Waals surface area contributed by atoms with Gasteiger partial charge >= 0.3 is 0 Å². The molecule has 3 rings (SSSR count). The summed E-state index contributed by atoms with van der Waals surface area (Å²) < 4.78 is 7.76. The van der Waals surface area contributed by atoms with Gasteiger partial charge in [-0.3, -0.25) is 14.3 Å². The van der Waals surface area contributed by atoms with E-state index >= 15 is 0 Å². The SMILES string of the molecule is O=C(CCn1cc(Br)cn1)N1CCN(C(=O)c2ccco2)CC1. The molecule has 3 heterocycles. The Balaban J connectivity index is 1.46. The molecule has 0 unspecified atom stereocenters. The highest BCUT2D eigenvalue weighted by Gasteiger charge is 2.25. The monoisotopic (exact) mass is 380 g/mol. The Kier molecular flexibility index (Phi) is 4.80. The summed E-state index contributed by atoms with van der Waals surface area (Å²) in [5, 5.41) is 4.13. The van der Waals surface area contributed by atoms with Gasteiger partial charge in [-0.2, -0.15) is 5.10 Å². The molecular weight excluding hydrogens is 364 g/mol. The van der Waals surface area contributed by atoms with Crippen LogP contribution in [0.2, 0.25) is 0 Å². The number of rotatable bonds is 4. The number of amides is 2. The van der Waals surface area contributed by atoms with E-state index in [1.807, 2.05) is 6.20 Å². The van der Waals surface area contributed by atoms with Gasteiger partial charge < -0.3 is 14.2 Å². The number of nitrogens with zero attached hydrogens (tertiary/aromatic N) is 4. The lowest BCUT2D eigenvalue weighted by Gasteiger charge is -2.34. The van der Waals surface area contributed by atoms with Crippen LogP contribution < -0.4 is 0 Å². The van der Waals surface area contributed by atoms with Crippen LogP contribution in [0.5, 0.6) is 0 Å². The standard InChI is InChI=1S/C15H17BrN4O3/c16-12-10-17-20(11-12)4-3-14(21)18-5-7-19(8-6-18)15(22)13-2-1-9-23-13/h1-2,9-11H,3-8H2. The van der Waals surface area contributed by atoms with E-state index in [4.69, 9.17) is 4.42 Å². The normalized spacial score (nSPS) is 15.0. The summed E-state index contributed by atoms with van der Waals surface area (Å²) in [5.74, 6) is 0.305. The van der Waals surface area contributed by atoms with E-state index in [1.165, 1.54) is 6.26 Å². The third-order valence-electron chi connectivity index (χ3n) is 3.81. The molecule has 0 radical (unpaired) electrons. The zero-order valence-electron chi connectivity index (χ0n) is 12.5. The van der Waals surface area contributed by atoms with Crippen LogP contribution >= 0.6 is 15.9 Å². The molecule has 0 saturated carbocycles. The van der Waals surface area contributed by atoms with Crippen LogP contribution in [0.1, 0.15) is 17.0 Å². The van der Waals surface area contributed by atoms with Crippen molar-refractivity contribution in [2.45, 2.75) is 13.0 Å². The van der Waals surface area contributed by atoms with E-state index in [9.17, 15) is 9.59 Å². The van der Waals surface area contributed by atoms with E-state index in [2.05, 4.69) is 21.0 Å². The fraction of sp³-hybridized carbons (Fsp3) is 0.400. The van der Waals surface area contributed by atoms with E-state index in [-0.39, 0.29) is 11.8 Å². The molecule has 23 heavy (non-hydrogen) atoms. The Bertz CT molecular complexity index is 675. The molecule has 0 aromatic carbocycles. The molecule has 1 aliphatic heterocycles. The first kappa shape index (κ1) is 15.8. The molecule has 0 N–H and O–H groups in total. The van der Waals surface area contributed by atoms with Crippen LogP contribution in [-0.2, 0) is 11.3 Å². The molecule has 122 valence electrons. The van der Waals surface area contributed by atoms with Crippen molar-refractivity contribution in [3.05, 3.63) is 41.0 Å². The number of hydrogen-bond acceptors (Lipinski definition) is 4. The molecule has 1 aliphatic rings. The van der Waals surface area contributed by atoms with Crippen molar-refractivity contribution in [1.82, 2.24) is 19.6 Å². The highest BCUT2D eigenvalue weighted by atomic mass is 79.9. The van der Waals surface area contributed by atoms with Crippen molar-refractivity contribution >= 4 is 27.7 Å². The topological polar surface area (TPSA) is 71.6 Å². The molecule has 8 heteroatoms. The number of hydrogen-bond donors (Lipinski definition) is 0. The minimum atomic E-state index is -0.122. The van der Waals surface area contributed by atoms with Gasteiger partial charge in [0.2, 0.25) is 5.91 Å². The fourth-order valence-electron chi connectivity index (χ4n) is 2.54. The molecule has 0 bridgehead atoms. The van der Waals surface area contributed by atoms with Crippen LogP contribution in [0.3, 0.4) is 0 Å². The van der Waals surface area contributed by atoms with Crippen LogP contribution in [0, 0.1) is 0 Å². The van der Waals surface area contributed by atoms with Crippen molar-refractivity contribution in [2.75, 3.05) is 26.2 Å². The molecule has 2 aromatic rings. The van der Waals surface area contributed by atoms with Gasteiger partial charge in [0, 0.05) is 45.3 Å². The Morgan fingerprint density at radius 3 is 2.57 bits per heavy atom. The molecule has 2 amide bonds. The van der Waals surface area contributed by atoms with Crippen LogP contribution in [0.15, 0.2) is 39.7 Å². The second-order valence-corrected chi connectivity index (χ2v) is 6.24. The van der Waals surface area contributed by atoms with Crippen molar-refractivity contribution < 1.29 is 14.0 Å². The first-order valence-corrected chi connectivity index (χ1v) is 8.21. The number of piperazine rings is 1. The molecule has 7 nitrogen and oxygen atoms in total. The zero-order chi connectivity index (χ0) is 16.2. The van der Waals surface area contributed by atoms with Crippen LogP contribution in [0.25, 0.3) is 0 Å². The summed E-state index contributed by atoms with van der Waals surface area (Å²) in [6.45, 7) is 2.70. The Labute approximate surface area is 142 Å². The van der Waals surface area contributed by atoms with Crippen molar-refractivity contribution in [3.63, 3.8) is 0 Å². The molecule has 0 atom stereocenters. The second-order valence-electron chi connectivity index (χ2n) is 5.32. The number of aromatic nitrogens is 2. The Morgan fingerprint density at radius 2 is 1.96 bits per heavy atom. The summed E-state index contributed by atoms with van der Waals surface area (Å²) in [5.41, 5.74) is 0. The van der Waals surface area contributed by atoms with Gasteiger partial charge in [-0.1, -0.05) is 0 Å². The zero-order valence-corrected chi connectivity index (χ0v) is 14.1. The smallest absolute Gasteiger partial charge is 0.289 e. The van der Waals surface area contributed by atoms with Gasteiger partial charge in [0.1, 0.15) is 0 Å². The fourth-order valence-corrected chi connectivity index (χ4v) is 2.87. The average Bonchev–Trinajstić information content (AvgIpc) is 3.24. The number of halogens is 1. The second kappa shape index (κ2) is 6.99. The largest absolute Gasteiger partial charge is 0.459 e. The minimum absolute atomic E-state index is 0.0849. The highest BCUT2D eigenvalue weighted by molar-refractivity contribution is 9.10. The lowest BCUT2D eigenvalue weighted by atomic mass is 10.2. The Morgan fingerprint density at radius 1 is 1.22 bits per heavy atom. The third kappa shape index (κ3) is 3.82. The number of carbonyl (C=O) groups is 2. The van der Waals surface area contributed by atoms with E-state index in [0.717, 1.165) is 4.47 Å². The molecule has 1 saturated heterocycles. The summed E-state index contributed by atoms with van der Waals surface area (Å²) >= 11 is 3.33. The molecule has 0 aliphatic carbocycles. The predicted molar refractivity (Wildman–Crippen MR) is 85.7 cm³/mol. The summed E-state index contributed by atoms with van der Waals surface area (Å²) in [7, 11) is 0. The lowest BCUT2D eigenvalue weighted by molar-refractivity contribution is -0.132. The maximum atomic E-state index is 12.2. The van der Waals surface area contributed by atoms with Gasteiger partial charge in [0.05, 0.1) is 16.9 Å². The molecule has 0 spiro atoms. The minimum Gasteiger partial charge on any atom is -0.459 e. The number of aryl methyl sites for hydroxylation is 1. The third-order valence-corrected chi connectivity index (χ3v) is 4.22. The van der Waals surface area contributed by atoms with Crippen molar-refractivity contribution in [1.29, 1.82) is 0 Å².